The highest BCUT2D eigenvalue weighted by atomic mass is 16.5. The van der Waals surface area contributed by atoms with Crippen LogP contribution in [0.5, 0.6) is 5.75 Å². The molecule has 0 N–H and O–H groups in total. The largest absolute Gasteiger partial charge is 0.496 e. The summed E-state index contributed by atoms with van der Waals surface area (Å²) in [6.45, 7) is 4.33. The first kappa shape index (κ1) is 19.5. The van der Waals surface area contributed by atoms with Gasteiger partial charge < -0.3 is 9.64 Å². The van der Waals surface area contributed by atoms with Gasteiger partial charge in [-0.2, -0.15) is 0 Å². The number of likely N-dealkylation sites (tertiary alicyclic amines) is 2. The molecule has 1 aliphatic carbocycles. The van der Waals surface area contributed by atoms with E-state index in [2.05, 4.69) is 22.0 Å². The lowest BCUT2D eigenvalue weighted by atomic mass is 9.82. The van der Waals surface area contributed by atoms with Gasteiger partial charge in [0.25, 0.3) is 0 Å². The number of hydrogen-bond donors (Lipinski definition) is 0. The van der Waals surface area contributed by atoms with Crippen LogP contribution in [0.1, 0.15) is 44.1 Å². The number of ether oxygens (including phenoxy) is 1. The van der Waals surface area contributed by atoms with Crippen LogP contribution >= 0.6 is 0 Å². The normalized spacial score (nSPS) is 28.0. The molecule has 0 bridgehead atoms. The van der Waals surface area contributed by atoms with E-state index in [1.807, 2.05) is 24.3 Å². The molecule has 152 valence electrons. The summed E-state index contributed by atoms with van der Waals surface area (Å²) in [7, 11) is 1.67. The number of piperidine rings is 2. The van der Waals surface area contributed by atoms with E-state index < -0.39 is 0 Å². The number of benzene rings is 1. The van der Waals surface area contributed by atoms with Crippen LogP contribution in [-0.4, -0.2) is 55.0 Å². The van der Waals surface area contributed by atoms with Gasteiger partial charge in [0.1, 0.15) is 5.75 Å². The standard InChI is InChI=1S/C24H34N2O2/c1-28-23-12-6-5-10-20(23)16-24(27)26-15-13-22-21(18-26)11-7-14-25(22)17-19-8-3-2-4-9-19/h2-3,5-6,10,12,19,21-22H,4,7-9,11,13-18H2,1H3/t19?,21-,22-/m1/s1. The molecule has 2 saturated heterocycles. The number of para-hydroxylation sites is 1. The summed E-state index contributed by atoms with van der Waals surface area (Å²) < 4.78 is 5.42. The first-order valence-corrected chi connectivity index (χ1v) is 11.0. The fourth-order valence-corrected chi connectivity index (χ4v) is 5.44. The average Bonchev–Trinajstić information content (AvgIpc) is 2.74. The second-order valence-electron chi connectivity index (χ2n) is 8.73. The van der Waals surface area contributed by atoms with Crippen molar-refractivity contribution in [3.05, 3.63) is 42.0 Å². The molecule has 4 heteroatoms. The van der Waals surface area contributed by atoms with Crippen molar-refractivity contribution in [2.45, 2.75) is 51.0 Å². The summed E-state index contributed by atoms with van der Waals surface area (Å²) in [4.78, 5) is 17.8. The van der Waals surface area contributed by atoms with E-state index in [0.29, 0.717) is 18.4 Å². The van der Waals surface area contributed by atoms with E-state index in [1.165, 1.54) is 45.2 Å². The zero-order chi connectivity index (χ0) is 19.3. The van der Waals surface area contributed by atoms with Crippen molar-refractivity contribution in [1.82, 2.24) is 9.80 Å². The van der Waals surface area contributed by atoms with Crippen LogP contribution in [0.25, 0.3) is 0 Å². The Morgan fingerprint density at radius 2 is 2.04 bits per heavy atom. The molecule has 0 spiro atoms. The zero-order valence-corrected chi connectivity index (χ0v) is 17.2. The summed E-state index contributed by atoms with van der Waals surface area (Å²) in [5.74, 6) is 2.53. The third-order valence-corrected chi connectivity index (χ3v) is 6.94. The van der Waals surface area contributed by atoms with Crippen LogP contribution in [-0.2, 0) is 11.2 Å². The minimum absolute atomic E-state index is 0.248. The van der Waals surface area contributed by atoms with Gasteiger partial charge in [0.2, 0.25) is 5.91 Å². The quantitative estimate of drug-likeness (QED) is 0.724. The zero-order valence-electron chi connectivity index (χ0n) is 17.2. The molecule has 1 aromatic carbocycles. The van der Waals surface area contributed by atoms with E-state index in [1.54, 1.807) is 7.11 Å². The molecule has 1 unspecified atom stereocenters. The molecule has 4 rings (SSSR count). The molecule has 4 nitrogen and oxygen atoms in total. The number of amides is 1. The van der Waals surface area contributed by atoms with Crippen LogP contribution in [0.4, 0.5) is 0 Å². The van der Waals surface area contributed by atoms with Crippen LogP contribution in [0.3, 0.4) is 0 Å². The Labute approximate surface area is 169 Å². The van der Waals surface area contributed by atoms with Gasteiger partial charge >= 0.3 is 0 Å². The minimum atomic E-state index is 0.248. The number of rotatable bonds is 5. The molecular formula is C24H34N2O2. The Kier molecular flexibility index (Phi) is 6.36. The molecule has 0 aromatic heterocycles. The first-order valence-electron chi connectivity index (χ1n) is 11.0. The lowest BCUT2D eigenvalue weighted by Crippen LogP contribution is -2.56. The molecule has 2 fully saturated rings. The van der Waals surface area contributed by atoms with Crippen molar-refractivity contribution in [3.8, 4) is 5.75 Å². The molecule has 3 atom stereocenters. The molecule has 0 saturated carbocycles. The Bertz CT molecular complexity index is 702. The van der Waals surface area contributed by atoms with Crippen LogP contribution < -0.4 is 4.74 Å². The lowest BCUT2D eigenvalue weighted by molar-refractivity contribution is -0.134. The number of allylic oxidation sites excluding steroid dienone is 2. The molecule has 2 heterocycles. The number of methoxy groups -OCH3 is 1. The summed E-state index contributed by atoms with van der Waals surface area (Å²) in [5.41, 5.74) is 0.993. The maximum absolute atomic E-state index is 13.0. The Hall–Kier alpha value is -1.81. The van der Waals surface area contributed by atoms with Gasteiger partial charge in [0.15, 0.2) is 0 Å². The third-order valence-electron chi connectivity index (χ3n) is 6.94. The van der Waals surface area contributed by atoms with Crippen molar-refractivity contribution >= 4 is 5.91 Å². The smallest absolute Gasteiger partial charge is 0.227 e. The maximum atomic E-state index is 13.0. The Balaban J connectivity index is 1.35. The number of fused-ring (bicyclic) bond motifs is 1. The fourth-order valence-electron chi connectivity index (χ4n) is 5.44. The van der Waals surface area contributed by atoms with E-state index in [9.17, 15) is 4.79 Å². The molecular weight excluding hydrogens is 348 g/mol. The van der Waals surface area contributed by atoms with Gasteiger partial charge in [-0.3, -0.25) is 9.69 Å². The van der Waals surface area contributed by atoms with Gasteiger partial charge in [-0.25, -0.2) is 0 Å². The average molecular weight is 383 g/mol. The van der Waals surface area contributed by atoms with Crippen LogP contribution in [0, 0.1) is 11.8 Å². The van der Waals surface area contributed by atoms with E-state index >= 15 is 0 Å². The molecule has 1 amide bonds. The van der Waals surface area contributed by atoms with E-state index in [0.717, 1.165) is 36.7 Å². The third kappa shape index (κ3) is 4.43. The maximum Gasteiger partial charge on any atom is 0.227 e. The van der Waals surface area contributed by atoms with Crippen molar-refractivity contribution in [2.75, 3.05) is 33.3 Å². The van der Waals surface area contributed by atoms with Crippen molar-refractivity contribution in [3.63, 3.8) is 0 Å². The summed E-state index contributed by atoms with van der Waals surface area (Å²) in [5, 5.41) is 0. The van der Waals surface area contributed by atoms with Crippen molar-refractivity contribution in [2.24, 2.45) is 11.8 Å². The van der Waals surface area contributed by atoms with Gasteiger partial charge in [-0.05, 0) is 63.0 Å². The predicted octanol–water partition coefficient (Wildman–Crippen LogP) is 3.91. The number of nitrogens with zero attached hydrogens (tertiary/aromatic N) is 2. The summed E-state index contributed by atoms with van der Waals surface area (Å²) in [6, 6.07) is 8.56. The fraction of sp³-hybridized carbons (Fsp3) is 0.625. The highest BCUT2D eigenvalue weighted by Crippen LogP contribution is 2.33. The second kappa shape index (κ2) is 9.13. The topological polar surface area (TPSA) is 32.8 Å². The van der Waals surface area contributed by atoms with Gasteiger partial charge in [-0.15, -0.1) is 0 Å². The lowest BCUT2D eigenvalue weighted by Gasteiger charge is -2.48. The minimum Gasteiger partial charge on any atom is -0.496 e. The van der Waals surface area contributed by atoms with Crippen LogP contribution in [0.15, 0.2) is 36.4 Å². The highest BCUT2D eigenvalue weighted by molar-refractivity contribution is 5.79. The molecule has 28 heavy (non-hydrogen) atoms. The van der Waals surface area contributed by atoms with Gasteiger partial charge in [0.05, 0.1) is 13.5 Å². The molecule has 0 radical (unpaired) electrons. The van der Waals surface area contributed by atoms with Gasteiger partial charge in [0, 0.05) is 31.2 Å². The number of hydrogen-bond acceptors (Lipinski definition) is 3. The Morgan fingerprint density at radius 1 is 1.14 bits per heavy atom. The second-order valence-corrected chi connectivity index (χ2v) is 8.73. The number of carbonyl (C=O) groups is 1. The summed E-state index contributed by atoms with van der Waals surface area (Å²) in [6.07, 6.45) is 12.7. The Morgan fingerprint density at radius 3 is 2.86 bits per heavy atom. The van der Waals surface area contributed by atoms with Crippen molar-refractivity contribution < 1.29 is 9.53 Å². The predicted molar refractivity (Wildman–Crippen MR) is 112 cm³/mol. The molecule has 1 aromatic rings. The summed E-state index contributed by atoms with van der Waals surface area (Å²) >= 11 is 0. The SMILES string of the molecule is COc1ccccc1CC(=O)N1CC[C@@H]2[C@H](CCCN2CC2CC=CCC2)C1. The number of carbonyl (C=O) groups excluding carboxylic acids is 1. The van der Waals surface area contributed by atoms with Crippen LogP contribution in [0.2, 0.25) is 0 Å². The van der Waals surface area contributed by atoms with E-state index in [4.69, 9.17) is 4.74 Å². The monoisotopic (exact) mass is 382 g/mol. The van der Waals surface area contributed by atoms with Crippen molar-refractivity contribution in [1.29, 1.82) is 0 Å². The van der Waals surface area contributed by atoms with E-state index in [-0.39, 0.29) is 5.91 Å². The molecule has 3 aliphatic rings. The highest BCUT2D eigenvalue weighted by Gasteiger charge is 2.37. The first-order chi connectivity index (χ1) is 13.7. The van der Waals surface area contributed by atoms with Gasteiger partial charge in [-0.1, -0.05) is 30.4 Å². The molecule has 2 aliphatic heterocycles.